The van der Waals surface area contributed by atoms with Crippen LogP contribution in [0.2, 0.25) is 0 Å². The summed E-state index contributed by atoms with van der Waals surface area (Å²) >= 11 is 0. The molecule has 3 aliphatic heterocycles. The monoisotopic (exact) mass is 532 g/mol. The zero-order valence-electron chi connectivity index (χ0n) is 24.4. The molecule has 1 N–H and O–H groups in total. The summed E-state index contributed by atoms with van der Waals surface area (Å²) < 4.78 is 12.4. The lowest BCUT2D eigenvalue weighted by molar-refractivity contribution is -0.164. The molecular weight excluding hydrogens is 484 g/mol. The zero-order chi connectivity index (χ0) is 28.7. The lowest BCUT2D eigenvalue weighted by atomic mass is 9.65. The highest BCUT2D eigenvalue weighted by atomic mass is 16.6. The quantitative estimate of drug-likeness (QED) is 0.233. The first kappa shape index (κ1) is 30.4. The molecule has 38 heavy (non-hydrogen) atoms. The van der Waals surface area contributed by atoms with Crippen LogP contribution in [-0.4, -0.2) is 81.3 Å². The maximum absolute atomic E-state index is 14.6. The summed E-state index contributed by atoms with van der Waals surface area (Å²) in [6, 6.07) is -1.58. The highest BCUT2D eigenvalue weighted by Gasteiger charge is 2.79. The van der Waals surface area contributed by atoms with Crippen LogP contribution in [0.4, 0.5) is 0 Å². The Kier molecular flexibility index (Phi) is 8.60. The van der Waals surface area contributed by atoms with Gasteiger partial charge in [0.25, 0.3) is 0 Å². The van der Waals surface area contributed by atoms with E-state index in [2.05, 4.69) is 33.9 Å². The van der Waals surface area contributed by atoms with E-state index in [0.717, 1.165) is 6.42 Å². The van der Waals surface area contributed by atoms with Crippen LogP contribution in [0.1, 0.15) is 80.6 Å². The van der Waals surface area contributed by atoms with Crippen LogP contribution >= 0.6 is 0 Å². The van der Waals surface area contributed by atoms with Crippen molar-refractivity contribution in [3.05, 3.63) is 25.3 Å². The number of amides is 2. The number of hydrogen-bond donors (Lipinski definition) is 1. The summed E-state index contributed by atoms with van der Waals surface area (Å²) in [5.41, 5.74) is -2.62. The van der Waals surface area contributed by atoms with Crippen LogP contribution in [0.15, 0.2) is 25.3 Å². The molecular formula is C30H48N2O6. The maximum atomic E-state index is 14.6. The average molecular weight is 533 g/mol. The van der Waals surface area contributed by atoms with E-state index >= 15 is 0 Å². The van der Waals surface area contributed by atoms with Crippen LogP contribution in [0.5, 0.6) is 0 Å². The van der Waals surface area contributed by atoms with Gasteiger partial charge >= 0.3 is 5.97 Å². The normalized spacial score (nSPS) is 31.2. The molecule has 8 heteroatoms. The van der Waals surface area contributed by atoms with E-state index in [9.17, 15) is 19.5 Å². The van der Waals surface area contributed by atoms with E-state index in [1.165, 1.54) is 4.90 Å². The highest BCUT2D eigenvalue weighted by molar-refractivity contribution is 5.99. The van der Waals surface area contributed by atoms with E-state index in [4.69, 9.17) is 9.47 Å². The van der Waals surface area contributed by atoms with Gasteiger partial charge in [0.2, 0.25) is 11.8 Å². The minimum absolute atomic E-state index is 0.0531. The topological polar surface area (TPSA) is 96.4 Å². The molecule has 0 radical (unpaired) electrons. The minimum atomic E-state index is -1.16. The lowest BCUT2D eigenvalue weighted by Gasteiger charge is -2.46. The van der Waals surface area contributed by atoms with Gasteiger partial charge in [0.1, 0.15) is 17.6 Å². The van der Waals surface area contributed by atoms with Crippen LogP contribution < -0.4 is 0 Å². The summed E-state index contributed by atoms with van der Waals surface area (Å²) in [5.74, 6) is -2.66. The number of likely N-dealkylation sites (tertiary alicyclic amines) is 1. The highest BCUT2D eigenvalue weighted by Crippen LogP contribution is 2.65. The van der Waals surface area contributed by atoms with Gasteiger partial charge in [-0.25, -0.2) is 0 Å². The molecule has 2 amide bonds. The van der Waals surface area contributed by atoms with Gasteiger partial charge in [-0.05, 0) is 58.3 Å². The van der Waals surface area contributed by atoms with E-state index in [0.29, 0.717) is 32.2 Å². The Hall–Kier alpha value is -2.19. The molecule has 3 saturated heterocycles. The van der Waals surface area contributed by atoms with Crippen molar-refractivity contribution in [2.24, 2.45) is 17.3 Å². The van der Waals surface area contributed by atoms with Gasteiger partial charge in [-0.15, -0.1) is 13.2 Å². The molecule has 214 valence electrons. The van der Waals surface area contributed by atoms with Crippen LogP contribution in [-0.2, 0) is 23.9 Å². The third-order valence-corrected chi connectivity index (χ3v) is 8.68. The Labute approximate surface area is 228 Å². The summed E-state index contributed by atoms with van der Waals surface area (Å²) in [6.07, 6.45) is 6.19. The number of carbonyl (C=O) groups is 3. The average Bonchev–Trinajstić information content (AvgIpc) is 3.43. The molecule has 0 saturated carbocycles. The molecule has 3 aliphatic rings. The van der Waals surface area contributed by atoms with E-state index < -0.39 is 46.6 Å². The summed E-state index contributed by atoms with van der Waals surface area (Å²) in [4.78, 5) is 45.6. The summed E-state index contributed by atoms with van der Waals surface area (Å²) in [7, 11) is 0. The van der Waals surface area contributed by atoms with Crippen molar-refractivity contribution >= 4 is 17.8 Å². The van der Waals surface area contributed by atoms with Gasteiger partial charge < -0.3 is 24.4 Å². The molecule has 8 nitrogen and oxygen atoms in total. The fourth-order valence-electron chi connectivity index (χ4n) is 7.49. The van der Waals surface area contributed by atoms with Crippen molar-refractivity contribution in [3.63, 3.8) is 0 Å². The van der Waals surface area contributed by atoms with E-state index in [1.54, 1.807) is 24.0 Å². The molecule has 6 atom stereocenters. The number of aliphatic hydroxyl groups is 1. The predicted octanol–water partition coefficient (Wildman–Crippen LogP) is 3.87. The predicted molar refractivity (Wildman–Crippen MR) is 146 cm³/mol. The van der Waals surface area contributed by atoms with Gasteiger partial charge in [-0.2, -0.15) is 0 Å². The smallest absolute Gasteiger partial charge is 0.312 e. The van der Waals surface area contributed by atoms with Crippen LogP contribution in [0.3, 0.4) is 0 Å². The number of aliphatic hydroxyl groups excluding tert-OH is 1. The third kappa shape index (κ3) is 4.94. The fraction of sp³-hybridized carbons (Fsp3) is 0.767. The molecule has 1 spiro atoms. The van der Waals surface area contributed by atoms with E-state index in [1.807, 2.05) is 20.8 Å². The second-order valence-electron chi connectivity index (χ2n) is 13.1. The van der Waals surface area contributed by atoms with Crippen molar-refractivity contribution in [1.82, 2.24) is 9.80 Å². The van der Waals surface area contributed by atoms with Crippen LogP contribution in [0, 0.1) is 17.3 Å². The number of fused-ring (bicyclic) bond motifs is 1. The van der Waals surface area contributed by atoms with Gasteiger partial charge in [0.15, 0.2) is 0 Å². The van der Waals surface area contributed by atoms with Gasteiger partial charge in [0, 0.05) is 12.1 Å². The Morgan fingerprint density at radius 1 is 1.24 bits per heavy atom. The molecule has 2 bridgehead atoms. The summed E-state index contributed by atoms with van der Waals surface area (Å²) in [6.45, 7) is 21.9. The van der Waals surface area contributed by atoms with Crippen molar-refractivity contribution in [1.29, 1.82) is 0 Å². The van der Waals surface area contributed by atoms with Crippen molar-refractivity contribution < 1.29 is 29.0 Å². The van der Waals surface area contributed by atoms with Crippen LogP contribution in [0.25, 0.3) is 0 Å². The molecule has 3 fully saturated rings. The molecule has 0 aromatic carbocycles. The number of carbonyl (C=O) groups excluding carboxylic acids is 3. The molecule has 0 aromatic rings. The molecule has 0 aromatic heterocycles. The SMILES string of the molecule is C=CCCOC(=O)[C@@H]1[C@H]2C(=O)N([C@H](C)CO)C(C(=O)N(CC=C)C(C)(C)CC(C)(C)C)C23CC[C@@]1(CC)O3. The van der Waals surface area contributed by atoms with Gasteiger partial charge in [-0.3, -0.25) is 14.4 Å². The Morgan fingerprint density at radius 3 is 2.42 bits per heavy atom. The standard InChI is InChI=1S/C30H48N2O6/c1-10-13-17-37-26(36)22-21-24(34)32(20(4)18-33)23(30(21)15-14-29(22,12-3)38-30)25(35)31(16-11-2)28(8,9)19-27(5,6)7/h10-11,20-23,33H,1-2,12-19H2,3-9H3/t20-,21+,22+,23?,29-,30?/m1/s1. The second kappa shape index (κ2) is 10.8. The van der Waals surface area contributed by atoms with E-state index in [-0.39, 0.29) is 30.4 Å². The molecule has 2 unspecified atom stereocenters. The first-order valence-electron chi connectivity index (χ1n) is 14.0. The Morgan fingerprint density at radius 2 is 1.89 bits per heavy atom. The first-order chi connectivity index (χ1) is 17.7. The number of esters is 1. The first-order valence-corrected chi connectivity index (χ1v) is 14.0. The van der Waals surface area contributed by atoms with Crippen molar-refractivity contribution in [2.45, 2.75) is 109 Å². The Balaban J connectivity index is 2.12. The lowest BCUT2D eigenvalue weighted by Crippen LogP contribution is -2.62. The van der Waals surface area contributed by atoms with Gasteiger partial charge in [0.05, 0.1) is 30.8 Å². The molecule has 0 aliphatic carbocycles. The second-order valence-corrected chi connectivity index (χ2v) is 13.1. The number of nitrogens with zero attached hydrogens (tertiary/aromatic N) is 2. The van der Waals surface area contributed by atoms with Crippen molar-refractivity contribution in [2.75, 3.05) is 19.8 Å². The third-order valence-electron chi connectivity index (χ3n) is 8.68. The maximum Gasteiger partial charge on any atom is 0.312 e. The fourth-order valence-corrected chi connectivity index (χ4v) is 7.49. The van der Waals surface area contributed by atoms with Gasteiger partial charge in [-0.1, -0.05) is 39.8 Å². The zero-order valence-corrected chi connectivity index (χ0v) is 24.4. The minimum Gasteiger partial charge on any atom is -0.465 e. The Bertz CT molecular complexity index is 955. The van der Waals surface area contributed by atoms with Crippen molar-refractivity contribution in [3.8, 4) is 0 Å². The largest absolute Gasteiger partial charge is 0.465 e. The summed E-state index contributed by atoms with van der Waals surface area (Å²) in [5, 5.41) is 10.1. The number of rotatable bonds is 12. The number of hydrogen-bond acceptors (Lipinski definition) is 6. The molecule has 3 heterocycles. The number of ether oxygens (including phenoxy) is 2. The molecule has 3 rings (SSSR count).